The quantitative estimate of drug-likeness (QED) is 0.599. The van der Waals surface area contributed by atoms with Crippen molar-refractivity contribution in [1.82, 2.24) is 0 Å². The molecule has 2 rings (SSSR count). The van der Waals surface area contributed by atoms with E-state index >= 15 is 0 Å². The largest absolute Gasteiger partial charge is 0.481 e. The van der Waals surface area contributed by atoms with Gasteiger partial charge in [-0.2, -0.15) is 0 Å². The van der Waals surface area contributed by atoms with E-state index in [2.05, 4.69) is 0 Å². The first kappa shape index (κ1) is 16.1. The molecule has 0 heterocycles. The van der Waals surface area contributed by atoms with Gasteiger partial charge >= 0.3 is 5.97 Å². The van der Waals surface area contributed by atoms with Crippen molar-refractivity contribution in [3.05, 3.63) is 29.8 Å². The van der Waals surface area contributed by atoms with Gasteiger partial charge in [-0.05, 0) is 24.5 Å². The van der Waals surface area contributed by atoms with Crippen LogP contribution in [-0.2, 0) is 4.79 Å². The number of carbonyl (C=O) groups excluding carboxylic acids is 1. The van der Waals surface area contributed by atoms with Crippen LogP contribution >= 0.6 is 11.8 Å². The second-order valence-electron chi connectivity index (χ2n) is 5.67. The summed E-state index contributed by atoms with van der Waals surface area (Å²) >= 11 is 1.27. The van der Waals surface area contributed by atoms with E-state index in [4.69, 9.17) is 5.11 Å². The van der Waals surface area contributed by atoms with Crippen LogP contribution in [0.5, 0.6) is 0 Å². The van der Waals surface area contributed by atoms with Crippen molar-refractivity contribution in [3.8, 4) is 0 Å². The Balaban J connectivity index is 1.80. The van der Waals surface area contributed by atoms with Crippen molar-refractivity contribution in [2.45, 2.75) is 49.8 Å². The monoisotopic (exact) mass is 306 g/mol. The highest BCUT2D eigenvalue weighted by Gasteiger charge is 2.15. The van der Waals surface area contributed by atoms with Crippen LogP contribution in [0.2, 0.25) is 0 Å². The van der Waals surface area contributed by atoms with Crippen molar-refractivity contribution < 1.29 is 14.7 Å². The molecule has 1 N–H and O–H groups in total. The summed E-state index contributed by atoms with van der Waals surface area (Å²) in [5.41, 5.74) is 0.741. The molecule has 114 valence electrons. The zero-order valence-electron chi connectivity index (χ0n) is 12.2. The SMILES string of the molecule is O=C(O)CSc1ccc(C(=O)CCC2CCCCC2)cc1. The molecule has 0 amide bonds. The van der Waals surface area contributed by atoms with Gasteiger partial charge < -0.3 is 5.11 Å². The van der Waals surface area contributed by atoms with E-state index in [0.717, 1.165) is 22.8 Å². The number of carboxylic acid groups (broad SMARTS) is 1. The maximum atomic E-state index is 12.2. The lowest BCUT2D eigenvalue weighted by Gasteiger charge is -2.20. The number of benzene rings is 1. The summed E-state index contributed by atoms with van der Waals surface area (Å²) in [4.78, 5) is 23.6. The molecule has 1 saturated carbocycles. The summed E-state index contributed by atoms with van der Waals surface area (Å²) in [6.45, 7) is 0. The fraction of sp³-hybridized carbons (Fsp3) is 0.529. The van der Waals surface area contributed by atoms with Gasteiger partial charge in [0.2, 0.25) is 0 Å². The summed E-state index contributed by atoms with van der Waals surface area (Å²) in [6.07, 6.45) is 8.17. The van der Waals surface area contributed by atoms with Crippen molar-refractivity contribution in [2.75, 3.05) is 5.75 Å². The molecular weight excluding hydrogens is 284 g/mol. The Morgan fingerprint density at radius 3 is 2.38 bits per heavy atom. The fourth-order valence-electron chi connectivity index (χ4n) is 2.84. The summed E-state index contributed by atoms with van der Waals surface area (Å²) < 4.78 is 0. The molecule has 1 fully saturated rings. The molecule has 0 bridgehead atoms. The number of hydrogen-bond donors (Lipinski definition) is 1. The normalized spacial score (nSPS) is 15.8. The van der Waals surface area contributed by atoms with Gasteiger partial charge in [0.05, 0.1) is 5.75 Å². The molecule has 21 heavy (non-hydrogen) atoms. The molecule has 0 aliphatic heterocycles. The summed E-state index contributed by atoms with van der Waals surface area (Å²) in [5, 5.41) is 8.64. The van der Waals surface area contributed by atoms with Gasteiger partial charge in [0, 0.05) is 16.9 Å². The highest BCUT2D eigenvalue weighted by Crippen LogP contribution is 2.28. The summed E-state index contributed by atoms with van der Waals surface area (Å²) in [6, 6.07) is 7.30. The number of thioether (sulfide) groups is 1. The maximum absolute atomic E-state index is 12.2. The van der Waals surface area contributed by atoms with Gasteiger partial charge in [-0.25, -0.2) is 0 Å². The minimum Gasteiger partial charge on any atom is -0.481 e. The lowest BCUT2D eigenvalue weighted by atomic mass is 9.85. The molecule has 1 aromatic carbocycles. The van der Waals surface area contributed by atoms with E-state index in [-0.39, 0.29) is 11.5 Å². The second kappa shape index (κ2) is 8.23. The third-order valence-corrected chi connectivity index (χ3v) is 5.04. The highest BCUT2D eigenvalue weighted by molar-refractivity contribution is 8.00. The van der Waals surface area contributed by atoms with Crippen LogP contribution in [0.3, 0.4) is 0 Å². The van der Waals surface area contributed by atoms with Crippen LogP contribution in [0.15, 0.2) is 29.2 Å². The van der Waals surface area contributed by atoms with E-state index < -0.39 is 5.97 Å². The van der Waals surface area contributed by atoms with Crippen LogP contribution in [-0.4, -0.2) is 22.6 Å². The van der Waals surface area contributed by atoms with Gasteiger partial charge in [-0.3, -0.25) is 9.59 Å². The van der Waals surface area contributed by atoms with Crippen LogP contribution < -0.4 is 0 Å². The Bertz CT molecular complexity index is 475. The molecule has 0 unspecified atom stereocenters. The number of aliphatic carboxylic acids is 1. The van der Waals surface area contributed by atoms with Crippen LogP contribution in [0.25, 0.3) is 0 Å². The Morgan fingerprint density at radius 1 is 1.10 bits per heavy atom. The smallest absolute Gasteiger partial charge is 0.313 e. The Labute approximate surface area is 130 Å². The molecule has 4 heteroatoms. The van der Waals surface area contributed by atoms with E-state index in [0.29, 0.717) is 6.42 Å². The van der Waals surface area contributed by atoms with Crippen molar-refractivity contribution in [3.63, 3.8) is 0 Å². The Hall–Kier alpha value is -1.29. The second-order valence-corrected chi connectivity index (χ2v) is 6.72. The minimum absolute atomic E-state index is 0.0506. The van der Waals surface area contributed by atoms with Gasteiger partial charge in [0.1, 0.15) is 0 Å². The van der Waals surface area contributed by atoms with Crippen molar-refractivity contribution >= 4 is 23.5 Å². The summed E-state index contributed by atoms with van der Waals surface area (Å²) in [7, 11) is 0. The zero-order chi connectivity index (χ0) is 15.1. The zero-order valence-corrected chi connectivity index (χ0v) is 13.0. The lowest BCUT2D eigenvalue weighted by molar-refractivity contribution is -0.133. The number of carbonyl (C=O) groups is 2. The fourth-order valence-corrected chi connectivity index (χ4v) is 3.46. The average Bonchev–Trinajstić information content (AvgIpc) is 2.52. The topological polar surface area (TPSA) is 54.4 Å². The molecule has 0 spiro atoms. The molecule has 0 atom stereocenters. The van der Waals surface area contributed by atoms with Gasteiger partial charge in [-0.15, -0.1) is 11.8 Å². The van der Waals surface area contributed by atoms with Gasteiger partial charge in [0.15, 0.2) is 5.78 Å². The molecule has 1 aliphatic carbocycles. The van der Waals surface area contributed by atoms with E-state index in [1.165, 1.54) is 43.9 Å². The molecule has 0 radical (unpaired) electrons. The number of carboxylic acids is 1. The molecule has 0 saturated heterocycles. The van der Waals surface area contributed by atoms with Gasteiger partial charge in [-0.1, -0.05) is 44.2 Å². The Kier molecular flexibility index (Phi) is 6.30. The first-order valence-electron chi connectivity index (χ1n) is 7.63. The lowest BCUT2D eigenvalue weighted by Crippen LogP contribution is -2.09. The molecule has 3 nitrogen and oxygen atoms in total. The average molecular weight is 306 g/mol. The first-order valence-corrected chi connectivity index (χ1v) is 8.61. The summed E-state index contributed by atoms with van der Waals surface area (Å²) in [5.74, 6) is 0.158. The van der Waals surface area contributed by atoms with Crippen LogP contribution in [0.4, 0.5) is 0 Å². The third-order valence-electron chi connectivity index (χ3n) is 4.04. The van der Waals surface area contributed by atoms with Crippen molar-refractivity contribution in [1.29, 1.82) is 0 Å². The van der Waals surface area contributed by atoms with E-state index in [1.54, 1.807) is 0 Å². The first-order chi connectivity index (χ1) is 10.1. The molecule has 1 aromatic rings. The van der Waals surface area contributed by atoms with E-state index in [9.17, 15) is 9.59 Å². The van der Waals surface area contributed by atoms with Gasteiger partial charge in [0.25, 0.3) is 0 Å². The number of Topliss-reactive ketones (excluding diaryl/α,β-unsaturated/α-hetero) is 1. The van der Waals surface area contributed by atoms with Crippen LogP contribution in [0.1, 0.15) is 55.3 Å². The maximum Gasteiger partial charge on any atom is 0.313 e. The standard InChI is InChI=1S/C17H22O3S/c18-16(11-6-13-4-2-1-3-5-13)14-7-9-15(10-8-14)21-12-17(19)20/h7-10,13H,1-6,11-12H2,(H,19,20). The van der Waals surface area contributed by atoms with E-state index in [1.807, 2.05) is 24.3 Å². The molecule has 0 aromatic heterocycles. The van der Waals surface area contributed by atoms with Crippen LogP contribution in [0, 0.1) is 5.92 Å². The molecular formula is C17H22O3S. The number of rotatable bonds is 7. The highest BCUT2D eigenvalue weighted by atomic mass is 32.2. The molecule has 1 aliphatic rings. The number of hydrogen-bond acceptors (Lipinski definition) is 3. The Morgan fingerprint density at radius 2 is 1.76 bits per heavy atom. The predicted octanol–water partition coefficient (Wildman–Crippen LogP) is 4.41. The third kappa shape index (κ3) is 5.54. The number of ketones is 1. The minimum atomic E-state index is -0.826. The van der Waals surface area contributed by atoms with Crippen molar-refractivity contribution in [2.24, 2.45) is 5.92 Å². The predicted molar refractivity (Wildman–Crippen MR) is 84.9 cm³/mol.